The molecule has 128 valence electrons. The van der Waals surface area contributed by atoms with Crippen LogP contribution in [0.5, 0.6) is 11.5 Å². The largest absolute Gasteiger partial charge is 0.493 e. The second kappa shape index (κ2) is 8.93. The number of nitrogens with one attached hydrogen (secondary N) is 1. The van der Waals surface area contributed by atoms with Gasteiger partial charge in [0.05, 0.1) is 19.3 Å². The highest BCUT2D eigenvalue weighted by atomic mass is 16.5. The van der Waals surface area contributed by atoms with Crippen molar-refractivity contribution in [3.63, 3.8) is 0 Å². The van der Waals surface area contributed by atoms with E-state index in [0.29, 0.717) is 25.3 Å². The van der Waals surface area contributed by atoms with E-state index in [9.17, 15) is 4.79 Å². The van der Waals surface area contributed by atoms with E-state index < -0.39 is 5.97 Å². The predicted octanol–water partition coefficient (Wildman–Crippen LogP) is 3.47. The van der Waals surface area contributed by atoms with Crippen molar-refractivity contribution in [3.8, 4) is 11.5 Å². The van der Waals surface area contributed by atoms with Crippen molar-refractivity contribution < 1.29 is 19.4 Å². The van der Waals surface area contributed by atoms with Crippen LogP contribution in [0.4, 0.5) is 0 Å². The van der Waals surface area contributed by atoms with Crippen LogP contribution >= 0.6 is 0 Å². The highest BCUT2D eigenvalue weighted by Crippen LogP contribution is 2.28. The average molecular weight is 329 g/mol. The zero-order chi connectivity index (χ0) is 17.4. The Labute approximate surface area is 142 Å². The second-order valence-corrected chi connectivity index (χ2v) is 5.44. The summed E-state index contributed by atoms with van der Waals surface area (Å²) >= 11 is 0. The molecule has 0 atom stereocenters. The minimum absolute atomic E-state index is 0.297. The Morgan fingerprint density at radius 2 is 1.71 bits per heavy atom. The van der Waals surface area contributed by atoms with Crippen molar-refractivity contribution in [2.75, 3.05) is 13.7 Å². The summed E-state index contributed by atoms with van der Waals surface area (Å²) in [4.78, 5) is 10.8. The van der Waals surface area contributed by atoms with Gasteiger partial charge >= 0.3 is 5.97 Å². The molecule has 0 spiro atoms. The molecule has 5 heteroatoms. The summed E-state index contributed by atoms with van der Waals surface area (Å²) in [5.41, 5.74) is 2.43. The van der Waals surface area contributed by atoms with Gasteiger partial charge in [-0.3, -0.25) is 0 Å². The van der Waals surface area contributed by atoms with E-state index >= 15 is 0 Å². The van der Waals surface area contributed by atoms with Crippen LogP contribution in [-0.2, 0) is 13.1 Å². The Hall–Kier alpha value is -2.53. The van der Waals surface area contributed by atoms with Crippen LogP contribution in [0.2, 0.25) is 0 Å². The topological polar surface area (TPSA) is 67.8 Å². The summed E-state index contributed by atoms with van der Waals surface area (Å²) in [5, 5.41) is 12.2. The molecule has 0 saturated carbocycles. The van der Waals surface area contributed by atoms with Gasteiger partial charge in [-0.1, -0.05) is 25.1 Å². The first-order chi connectivity index (χ1) is 11.6. The molecule has 0 radical (unpaired) electrons. The molecule has 0 saturated heterocycles. The van der Waals surface area contributed by atoms with E-state index in [-0.39, 0.29) is 0 Å². The van der Waals surface area contributed by atoms with E-state index in [1.807, 2.05) is 30.3 Å². The number of carboxylic acids is 1. The van der Waals surface area contributed by atoms with Crippen LogP contribution in [0.3, 0.4) is 0 Å². The standard InChI is InChI=1S/C19H23NO4/c1-3-10-24-17-9-6-15(11-18(17)23-2)13-20-12-14-4-7-16(8-5-14)19(21)22/h4-9,11,20H,3,10,12-13H2,1-2H3,(H,21,22). The van der Waals surface area contributed by atoms with Gasteiger partial charge in [0.15, 0.2) is 11.5 Å². The third-order valence-electron chi connectivity index (χ3n) is 3.55. The van der Waals surface area contributed by atoms with E-state index in [0.717, 1.165) is 29.0 Å². The summed E-state index contributed by atoms with van der Waals surface area (Å²) in [7, 11) is 1.63. The van der Waals surface area contributed by atoms with Crippen molar-refractivity contribution in [1.82, 2.24) is 5.32 Å². The number of hydrogen-bond acceptors (Lipinski definition) is 4. The fourth-order valence-electron chi connectivity index (χ4n) is 2.27. The van der Waals surface area contributed by atoms with Crippen LogP contribution in [0.15, 0.2) is 42.5 Å². The average Bonchev–Trinajstić information content (AvgIpc) is 2.60. The molecular formula is C19H23NO4. The molecule has 5 nitrogen and oxygen atoms in total. The normalized spacial score (nSPS) is 10.4. The molecular weight excluding hydrogens is 306 g/mol. The second-order valence-electron chi connectivity index (χ2n) is 5.44. The molecule has 2 aromatic carbocycles. The molecule has 2 aromatic rings. The van der Waals surface area contributed by atoms with Crippen molar-refractivity contribution >= 4 is 5.97 Å². The van der Waals surface area contributed by atoms with Crippen molar-refractivity contribution in [1.29, 1.82) is 0 Å². The number of rotatable bonds is 9. The summed E-state index contributed by atoms with van der Waals surface area (Å²) in [6.45, 7) is 4.08. The third kappa shape index (κ3) is 4.99. The lowest BCUT2D eigenvalue weighted by molar-refractivity contribution is 0.0697. The third-order valence-corrected chi connectivity index (χ3v) is 3.55. The fraction of sp³-hybridized carbons (Fsp3) is 0.316. The number of carbonyl (C=O) groups is 1. The van der Waals surface area contributed by atoms with Crippen LogP contribution in [0.25, 0.3) is 0 Å². The van der Waals surface area contributed by atoms with Gasteiger partial charge in [-0.25, -0.2) is 4.79 Å². The van der Waals surface area contributed by atoms with Gasteiger partial charge in [-0.2, -0.15) is 0 Å². The maximum atomic E-state index is 10.8. The number of aromatic carboxylic acids is 1. The molecule has 0 amide bonds. The van der Waals surface area contributed by atoms with Crippen molar-refractivity contribution in [3.05, 3.63) is 59.2 Å². The number of ether oxygens (including phenoxy) is 2. The number of benzene rings is 2. The van der Waals surface area contributed by atoms with Gasteiger partial charge in [0.2, 0.25) is 0 Å². The molecule has 0 fully saturated rings. The first-order valence-electron chi connectivity index (χ1n) is 7.96. The van der Waals surface area contributed by atoms with Crippen LogP contribution in [0.1, 0.15) is 34.8 Å². The van der Waals surface area contributed by atoms with E-state index in [4.69, 9.17) is 14.6 Å². The molecule has 2 N–H and O–H groups in total. The lowest BCUT2D eigenvalue weighted by Gasteiger charge is -2.12. The zero-order valence-corrected chi connectivity index (χ0v) is 14.0. The minimum Gasteiger partial charge on any atom is -0.493 e. The Morgan fingerprint density at radius 1 is 1.04 bits per heavy atom. The Balaban J connectivity index is 1.90. The quantitative estimate of drug-likeness (QED) is 0.737. The van der Waals surface area contributed by atoms with Gasteiger partial charge < -0.3 is 19.9 Å². The number of carboxylic acid groups (broad SMARTS) is 1. The zero-order valence-electron chi connectivity index (χ0n) is 14.0. The molecule has 0 aliphatic carbocycles. The lowest BCUT2D eigenvalue weighted by Crippen LogP contribution is -2.13. The first kappa shape index (κ1) is 17.8. The van der Waals surface area contributed by atoms with E-state index in [1.54, 1.807) is 19.2 Å². The number of hydrogen-bond donors (Lipinski definition) is 2. The summed E-state index contributed by atoms with van der Waals surface area (Å²) in [6.07, 6.45) is 0.952. The maximum Gasteiger partial charge on any atom is 0.335 e. The highest BCUT2D eigenvalue weighted by molar-refractivity contribution is 5.87. The maximum absolute atomic E-state index is 10.8. The van der Waals surface area contributed by atoms with Gasteiger partial charge in [-0.05, 0) is 41.8 Å². The molecule has 0 heterocycles. The van der Waals surface area contributed by atoms with Crippen LogP contribution < -0.4 is 14.8 Å². The molecule has 2 rings (SSSR count). The number of methoxy groups -OCH3 is 1. The van der Waals surface area contributed by atoms with Crippen molar-refractivity contribution in [2.45, 2.75) is 26.4 Å². The van der Waals surface area contributed by atoms with Gasteiger partial charge in [-0.15, -0.1) is 0 Å². The fourth-order valence-corrected chi connectivity index (χ4v) is 2.27. The minimum atomic E-state index is -0.910. The molecule has 0 bridgehead atoms. The molecule has 0 aromatic heterocycles. The first-order valence-corrected chi connectivity index (χ1v) is 7.96. The highest BCUT2D eigenvalue weighted by Gasteiger charge is 2.06. The Morgan fingerprint density at radius 3 is 2.33 bits per heavy atom. The van der Waals surface area contributed by atoms with E-state index in [2.05, 4.69) is 12.2 Å². The smallest absolute Gasteiger partial charge is 0.335 e. The van der Waals surface area contributed by atoms with Gasteiger partial charge in [0.1, 0.15) is 0 Å². The molecule has 0 aliphatic rings. The summed E-state index contributed by atoms with van der Waals surface area (Å²) in [5.74, 6) is 0.577. The Kier molecular flexibility index (Phi) is 6.63. The monoisotopic (exact) mass is 329 g/mol. The predicted molar refractivity (Wildman–Crippen MR) is 92.7 cm³/mol. The summed E-state index contributed by atoms with van der Waals surface area (Å²) in [6, 6.07) is 12.8. The molecule has 0 unspecified atom stereocenters. The Bertz CT molecular complexity index is 668. The lowest BCUT2D eigenvalue weighted by atomic mass is 10.1. The molecule has 0 aliphatic heterocycles. The van der Waals surface area contributed by atoms with E-state index in [1.165, 1.54) is 0 Å². The van der Waals surface area contributed by atoms with Gasteiger partial charge in [0.25, 0.3) is 0 Å². The summed E-state index contributed by atoms with van der Waals surface area (Å²) < 4.78 is 11.0. The van der Waals surface area contributed by atoms with Crippen molar-refractivity contribution in [2.24, 2.45) is 0 Å². The van der Waals surface area contributed by atoms with Crippen LogP contribution in [-0.4, -0.2) is 24.8 Å². The molecule has 24 heavy (non-hydrogen) atoms. The van der Waals surface area contributed by atoms with Crippen LogP contribution in [0, 0.1) is 0 Å². The SMILES string of the molecule is CCCOc1ccc(CNCc2ccc(C(=O)O)cc2)cc1OC. The van der Waals surface area contributed by atoms with Gasteiger partial charge in [0, 0.05) is 13.1 Å².